The largest absolute Gasteiger partial charge is 0.455 e. The molecule has 0 saturated carbocycles. The van der Waals surface area contributed by atoms with Gasteiger partial charge in [0.1, 0.15) is 5.76 Å². The molecule has 106 valence electrons. The number of amides is 1. The molecule has 0 aliphatic heterocycles. The third-order valence-electron chi connectivity index (χ3n) is 3.22. The molecule has 1 aromatic heterocycles. The molecule has 0 radical (unpaired) electrons. The highest BCUT2D eigenvalue weighted by Gasteiger charge is 2.15. The van der Waals surface area contributed by atoms with Crippen molar-refractivity contribution in [3.63, 3.8) is 0 Å². The molecule has 0 unspecified atom stereocenters. The van der Waals surface area contributed by atoms with Crippen molar-refractivity contribution in [2.24, 2.45) is 5.73 Å². The summed E-state index contributed by atoms with van der Waals surface area (Å²) in [5.41, 5.74) is 6.75. The van der Waals surface area contributed by atoms with Gasteiger partial charge in [0.25, 0.3) is 5.91 Å². The van der Waals surface area contributed by atoms with E-state index in [-0.39, 0.29) is 5.91 Å². The normalized spacial score (nSPS) is 10.5. The number of hydrogen-bond acceptors (Lipinski definition) is 3. The number of hydrogen-bond donors (Lipinski definition) is 1. The van der Waals surface area contributed by atoms with E-state index in [2.05, 4.69) is 12.1 Å². The Morgan fingerprint density at radius 1 is 1.20 bits per heavy atom. The summed E-state index contributed by atoms with van der Waals surface area (Å²) >= 11 is 0. The molecule has 1 heterocycles. The first kappa shape index (κ1) is 14.3. The van der Waals surface area contributed by atoms with Crippen LogP contribution < -0.4 is 5.73 Å². The molecule has 0 aliphatic rings. The van der Waals surface area contributed by atoms with Gasteiger partial charge in [-0.1, -0.05) is 30.3 Å². The number of carbonyl (C=O) groups excluding carboxylic acids is 1. The van der Waals surface area contributed by atoms with Crippen LogP contribution in [0.15, 0.2) is 46.9 Å². The van der Waals surface area contributed by atoms with Crippen LogP contribution in [0.4, 0.5) is 0 Å². The summed E-state index contributed by atoms with van der Waals surface area (Å²) in [7, 11) is 1.79. The minimum Gasteiger partial charge on any atom is -0.455 e. The van der Waals surface area contributed by atoms with Gasteiger partial charge in [0, 0.05) is 13.6 Å². The molecule has 1 amide bonds. The van der Waals surface area contributed by atoms with Gasteiger partial charge in [-0.3, -0.25) is 4.79 Å². The zero-order valence-electron chi connectivity index (χ0n) is 11.7. The fourth-order valence-electron chi connectivity index (χ4n) is 2.06. The lowest BCUT2D eigenvalue weighted by atomic mass is 10.1. The van der Waals surface area contributed by atoms with Gasteiger partial charge in [-0.15, -0.1) is 0 Å². The Labute approximate surface area is 119 Å². The first-order chi connectivity index (χ1) is 9.70. The molecule has 20 heavy (non-hydrogen) atoms. The second-order valence-electron chi connectivity index (χ2n) is 4.79. The molecule has 0 spiro atoms. The molecular formula is C16H20N2O2. The monoisotopic (exact) mass is 272 g/mol. The highest BCUT2D eigenvalue weighted by atomic mass is 16.4. The summed E-state index contributed by atoms with van der Waals surface area (Å²) < 4.78 is 5.36. The summed E-state index contributed by atoms with van der Waals surface area (Å²) in [6.45, 7) is 1.01. The minimum atomic E-state index is -0.0993. The maximum Gasteiger partial charge on any atom is 0.289 e. The third-order valence-corrected chi connectivity index (χ3v) is 3.22. The average Bonchev–Trinajstić information content (AvgIpc) is 2.96. The van der Waals surface area contributed by atoms with Crippen LogP contribution in [-0.2, 0) is 13.0 Å². The Morgan fingerprint density at radius 2 is 1.95 bits per heavy atom. The Hall–Kier alpha value is -2.07. The van der Waals surface area contributed by atoms with Crippen molar-refractivity contribution >= 4 is 5.91 Å². The minimum absolute atomic E-state index is 0.0993. The van der Waals surface area contributed by atoms with Crippen LogP contribution in [0.5, 0.6) is 0 Å². The molecule has 0 aliphatic carbocycles. The van der Waals surface area contributed by atoms with Crippen molar-refractivity contribution in [3.8, 4) is 0 Å². The van der Waals surface area contributed by atoms with E-state index in [1.54, 1.807) is 24.1 Å². The zero-order chi connectivity index (χ0) is 14.4. The standard InChI is InChI=1S/C16H20N2O2/c1-18(11-5-8-13-6-3-2-4-7-13)16(19)15-10-9-14(12-17)20-15/h2-4,6-7,9-10H,5,8,11-12,17H2,1H3. The molecule has 2 rings (SSSR count). The van der Waals surface area contributed by atoms with Gasteiger partial charge in [0.2, 0.25) is 0 Å². The van der Waals surface area contributed by atoms with Crippen molar-refractivity contribution in [3.05, 3.63) is 59.5 Å². The van der Waals surface area contributed by atoms with Crippen molar-refractivity contribution < 1.29 is 9.21 Å². The van der Waals surface area contributed by atoms with E-state index in [0.717, 1.165) is 12.8 Å². The van der Waals surface area contributed by atoms with Crippen LogP contribution in [0.25, 0.3) is 0 Å². The third kappa shape index (κ3) is 3.71. The van der Waals surface area contributed by atoms with Crippen LogP contribution in [0, 0.1) is 0 Å². The van der Waals surface area contributed by atoms with E-state index in [1.165, 1.54) is 5.56 Å². The molecule has 4 nitrogen and oxygen atoms in total. The average molecular weight is 272 g/mol. The van der Waals surface area contributed by atoms with E-state index in [4.69, 9.17) is 10.2 Å². The maximum absolute atomic E-state index is 12.1. The number of rotatable bonds is 6. The Balaban J connectivity index is 1.82. The van der Waals surface area contributed by atoms with Gasteiger partial charge in [-0.05, 0) is 30.5 Å². The lowest BCUT2D eigenvalue weighted by Crippen LogP contribution is -2.27. The van der Waals surface area contributed by atoms with Crippen molar-refractivity contribution in [2.75, 3.05) is 13.6 Å². The van der Waals surface area contributed by atoms with Gasteiger partial charge in [-0.2, -0.15) is 0 Å². The topological polar surface area (TPSA) is 59.5 Å². The summed E-state index contributed by atoms with van der Waals surface area (Å²) in [5, 5.41) is 0. The van der Waals surface area contributed by atoms with E-state index >= 15 is 0 Å². The molecular weight excluding hydrogens is 252 g/mol. The van der Waals surface area contributed by atoms with Crippen molar-refractivity contribution in [1.29, 1.82) is 0 Å². The molecule has 4 heteroatoms. The summed E-state index contributed by atoms with van der Waals surface area (Å²) in [4.78, 5) is 13.8. The molecule has 0 fully saturated rings. The Bertz CT molecular complexity index is 549. The summed E-state index contributed by atoms with van der Waals surface area (Å²) in [5.74, 6) is 0.886. The van der Waals surface area contributed by atoms with E-state index < -0.39 is 0 Å². The molecule has 2 N–H and O–H groups in total. The highest BCUT2D eigenvalue weighted by molar-refractivity contribution is 5.91. The molecule has 2 aromatic rings. The number of benzene rings is 1. The van der Waals surface area contributed by atoms with E-state index in [0.29, 0.717) is 24.6 Å². The van der Waals surface area contributed by atoms with Gasteiger partial charge in [0.05, 0.1) is 6.54 Å². The number of nitrogens with zero attached hydrogens (tertiary/aromatic N) is 1. The Kier molecular flexibility index (Phi) is 4.96. The molecule has 1 aromatic carbocycles. The molecule has 0 atom stereocenters. The van der Waals surface area contributed by atoms with Crippen molar-refractivity contribution in [1.82, 2.24) is 4.90 Å². The molecule has 0 bridgehead atoms. The highest BCUT2D eigenvalue weighted by Crippen LogP contribution is 2.10. The molecule has 0 saturated heterocycles. The lowest BCUT2D eigenvalue weighted by molar-refractivity contribution is 0.0760. The second kappa shape index (κ2) is 6.91. The van der Waals surface area contributed by atoms with Gasteiger partial charge >= 0.3 is 0 Å². The number of nitrogens with two attached hydrogens (primary N) is 1. The van der Waals surface area contributed by atoms with Crippen LogP contribution in [0.2, 0.25) is 0 Å². The predicted molar refractivity (Wildman–Crippen MR) is 78.3 cm³/mol. The summed E-state index contributed by atoms with van der Waals surface area (Å²) in [6.07, 6.45) is 1.89. The number of carbonyl (C=O) groups is 1. The summed E-state index contributed by atoms with van der Waals surface area (Å²) in [6, 6.07) is 13.7. The predicted octanol–water partition coefficient (Wildman–Crippen LogP) is 2.44. The second-order valence-corrected chi connectivity index (χ2v) is 4.79. The van der Waals surface area contributed by atoms with Gasteiger partial charge in [-0.25, -0.2) is 0 Å². The number of furan rings is 1. The van der Waals surface area contributed by atoms with Gasteiger partial charge in [0.15, 0.2) is 5.76 Å². The zero-order valence-corrected chi connectivity index (χ0v) is 11.7. The quantitative estimate of drug-likeness (QED) is 0.878. The van der Waals surface area contributed by atoms with E-state index in [1.807, 2.05) is 18.2 Å². The van der Waals surface area contributed by atoms with Gasteiger partial charge < -0.3 is 15.1 Å². The number of aryl methyl sites for hydroxylation is 1. The van der Waals surface area contributed by atoms with E-state index in [9.17, 15) is 4.79 Å². The van der Waals surface area contributed by atoms with Crippen LogP contribution in [0.1, 0.15) is 28.3 Å². The SMILES string of the molecule is CN(CCCc1ccccc1)C(=O)c1ccc(CN)o1. The Morgan fingerprint density at radius 3 is 2.60 bits per heavy atom. The van der Waals surface area contributed by atoms with Crippen LogP contribution >= 0.6 is 0 Å². The first-order valence-corrected chi connectivity index (χ1v) is 6.79. The van der Waals surface area contributed by atoms with Crippen LogP contribution in [0.3, 0.4) is 0 Å². The smallest absolute Gasteiger partial charge is 0.289 e. The lowest BCUT2D eigenvalue weighted by Gasteiger charge is -2.15. The first-order valence-electron chi connectivity index (χ1n) is 6.79. The maximum atomic E-state index is 12.1. The fourth-order valence-corrected chi connectivity index (χ4v) is 2.06. The van der Waals surface area contributed by atoms with Crippen molar-refractivity contribution in [2.45, 2.75) is 19.4 Å². The fraction of sp³-hybridized carbons (Fsp3) is 0.312. The van der Waals surface area contributed by atoms with Crippen LogP contribution in [-0.4, -0.2) is 24.4 Å².